The number of anilines is 3. The van der Waals surface area contributed by atoms with Crippen LogP contribution in [0.1, 0.15) is 42.9 Å². The maximum absolute atomic E-state index is 13.9. The number of nitrogens with one attached hydrogen (secondary N) is 1. The van der Waals surface area contributed by atoms with Crippen LogP contribution in [0.15, 0.2) is 24.3 Å². The molecule has 0 bridgehead atoms. The quantitative estimate of drug-likeness (QED) is 0.841. The van der Waals surface area contributed by atoms with Crippen molar-refractivity contribution in [2.24, 2.45) is 7.05 Å². The number of aromatic nitrogens is 2. The molecule has 1 saturated heterocycles. The standard InChI is InChI=1S/C22H30N6O2/c1-14(2)18-19-20(26(5)24-18)21(29)23-16-8-6-7-9-17(16)28(19)22(30)15(3)27-12-10-25(4)11-13-27/h6-9,14-15H,10-13H2,1-5H3,(H,23,29). The van der Waals surface area contributed by atoms with Gasteiger partial charge < -0.3 is 10.2 Å². The number of nitrogens with zero attached hydrogens (tertiary/aromatic N) is 5. The molecule has 1 N–H and O–H groups in total. The first-order valence-corrected chi connectivity index (χ1v) is 10.5. The van der Waals surface area contributed by atoms with E-state index in [0.717, 1.165) is 31.9 Å². The Morgan fingerprint density at radius 1 is 1.07 bits per heavy atom. The summed E-state index contributed by atoms with van der Waals surface area (Å²) in [7, 11) is 3.86. The van der Waals surface area contributed by atoms with Gasteiger partial charge in [0.15, 0.2) is 5.69 Å². The van der Waals surface area contributed by atoms with E-state index in [1.807, 2.05) is 45.0 Å². The minimum absolute atomic E-state index is 0.0420. The number of hydrogen-bond acceptors (Lipinski definition) is 5. The first kappa shape index (κ1) is 20.6. The Labute approximate surface area is 177 Å². The van der Waals surface area contributed by atoms with Gasteiger partial charge in [0.25, 0.3) is 5.91 Å². The van der Waals surface area contributed by atoms with Crippen LogP contribution in [-0.2, 0) is 11.8 Å². The van der Waals surface area contributed by atoms with Crippen molar-refractivity contribution in [1.29, 1.82) is 0 Å². The van der Waals surface area contributed by atoms with Gasteiger partial charge in [0.1, 0.15) is 5.69 Å². The fourth-order valence-electron chi connectivity index (χ4n) is 4.25. The molecule has 8 nitrogen and oxygen atoms in total. The fourth-order valence-corrected chi connectivity index (χ4v) is 4.25. The van der Waals surface area contributed by atoms with Gasteiger partial charge in [-0.05, 0) is 32.0 Å². The van der Waals surface area contributed by atoms with E-state index >= 15 is 0 Å². The van der Waals surface area contributed by atoms with Crippen molar-refractivity contribution in [3.8, 4) is 0 Å². The van der Waals surface area contributed by atoms with Gasteiger partial charge in [-0.2, -0.15) is 5.10 Å². The molecular formula is C22H30N6O2. The highest BCUT2D eigenvalue weighted by Gasteiger charge is 2.38. The van der Waals surface area contributed by atoms with Gasteiger partial charge in [-0.25, -0.2) is 0 Å². The molecule has 1 atom stereocenters. The average molecular weight is 411 g/mol. The second-order valence-electron chi connectivity index (χ2n) is 8.52. The number of carbonyl (C=O) groups excluding carboxylic acids is 2. The molecule has 2 aromatic rings. The normalized spacial score (nSPS) is 18.6. The van der Waals surface area contributed by atoms with Crippen LogP contribution >= 0.6 is 0 Å². The van der Waals surface area contributed by atoms with Crippen molar-refractivity contribution in [3.05, 3.63) is 35.7 Å². The number of para-hydroxylation sites is 2. The second kappa shape index (κ2) is 7.85. The molecule has 3 heterocycles. The molecule has 160 valence electrons. The van der Waals surface area contributed by atoms with Crippen LogP contribution in [0.5, 0.6) is 0 Å². The average Bonchev–Trinajstić information content (AvgIpc) is 2.99. The lowest BCUT2D eigenvalue weighted by molar-refractivity contribution is -0.123. The van der Waals surface area contributed by atoms with Crippen LogP contribution in [0, 0.1) is 0 Å². The summed E-state index contributed by atoms with van der Waals surface area (Å²) in [4.78, 5) is 33.2. The van der Waals surface area contributed by atoms with Crippen molar-refractivity contribution in [3.63, 3.8) is 0 Å². The van der Waals surface area contributed by atoms with E-state index in [-0.39, 0.29) is 23.8 Å². The zero-order valence-electron chi connectivity index (χ0n) is 18.3. The number of amides is 2. The van der Waals surface area contributed by atoms with E-state index in [1.54, 1.807) is 16.6 Å². The molecule has 0 spiro atoms. The SMILES string of the molecule is CC(C)c1nn(C)c2c1N(C(=O)C(C)N1CCN(C)CC1)c1ccccc1NC2=O. The molecule has 2 amide bonds. The van der Waals surface area contributed by atoms with Crippen molar-refractivity contribution in [2.45, 2.75) is 32.7 Å². The van der Waals surface area contributed by atoms with Crippen molar-refractivity contribution < 1.29 is 9.59 Å². The van der Waals surface area contributed by atoms with E-state index < -0.39 is 0 Å². The lowest BCUT2D eigenvalue weighted by atomic mass is 10.1. The molecule has 0 saturated carbocycles. The van der Waals surface area contributed by atoms with Crippen LogP contribution in [0.25, 0.3) is 0 Å². The van der Waals surface area contributed by atoms with Gasteiger partial charge in [-0.15, -0.1) is 0 Å². The summed E-state index contributed by atoms with van der Waals surface area (Å²) < 4.78 is 1.59. The van der Waals surface area contributed by atoms with Gasteiger partial charge in [0.2, 0.25) is 5.91 Å². The van der Waals surface area contributed by atoms with Crippen LogP contribution in [0.2, 0.25) is 0 Å². The molecule has 0 radical (unpaired) electrons. The van der Waals surface area contributed by atoms with Crippen LogP contribution in [0.3, 0.4) is 0 Å². The van der Waals surface area contributed by atoms with Gasteiger partial charge in [0, 0.05) is 33.2 Å². The number of benzene rings is 1. The highest BCUT2D eigenvalue weighted by Crippen LogP contribution is 2.42. The number of aryl methyl sites for hydroxylation is 1. The number of piperazine rings is 1. The molecule has 1 aromatic heterocycles. The molecular weight excluding hydrogens is 380 g/mol. The minimum Gasteiger partial charge on any atom is -0.319 e. The summed E-state index contributed by atoms with van der Waals surface area (Å²) in [5.41, 5.74) is 3.07. The lowest BCUT2D eigenvalue weighted by Gasteiger charge is -2.37. The fraction of sp³-hybridized carbons (Fsp3) is 0.500. The Hall–Kier alpha value is -2.71. The molecule has 1 aromatic carbocycles. The molecule has 0 aliphatic carbocycles. The number of carbonyl (C=O) groups is 2. The monoisotopic (exact) mass is 410 g/mol. The first-order valence-electron chi connectivity index (χ1n) is 10.5. The van der Waals surface area contributed by atoms with Gasteiger partial charge in [-0.3, -0.25) is 24.1 Å². The second-order valence-corrected chi connectivity index (χ2v) is 8.52. The van der Waals surface area contributed by atoms with E-state index in [4.69, 9.17) is 0 Å². The van der Waals surface area contributed by atoms with Crippen molar-refractivity contribution in [2.75, 3.05) is 43.4 Å². The van der Waals surface area contributed by atoms with E-state index in [0.29, 0.717) is 22.8 Å². The Bertz CT molecular complexity index is 974. The molecule has 4 rings (SSSR count). The lowest BCUT2D eigenvalue weighted by Crippen LogP contribution is -2.53. The third-order valence-electron chi connectivity index (χ3n) is 6.09. The molecule has 2 aliphatic heterocycles. The maximum atomic E-state index is 13.9. The van der Waals surface area contributed by atoms with Crippen LogP contribution < -0.4 is 10.2 Å². The van der Waals surface area contributed by atoms with Crippen molar-refractivity contribution in [1.82, 2.24) is 19.6 Å². The largest absolute Gasteiger partial charge is 0.319 e. The summed E-state index contributed by atoms with van der Waals surface area (Å²) in [6.45, 7) is 9.57. The third kappa shape index (κ3) is 3.40. The highest BCUT2D eigenvalue weighted by atomic mass is 16.2. The van der Waals surface area contributed by atoms with E-state index in [9.17, 15) is 9.59 Å². The zero-order chi connectivity index (χ0) is 21.6. The first-order chi connectivity index (χ1) is 14.3. The van der Waals surface area contributed by atoms with Crippen molar-refractivity contribution >= 4 is 28.9 Å². The molecule has 30 heavy (non-hydrogen) atoms. The predicted octanol–water partition coefficient (Wildman–Crippen LogP) is 2.41. The molecule has 2 aliphatic rings. The topological polar surface area (TPSA) is 73.7 Å². The maximum Gasteiger partial charge on any atom is 0.276 e. The van der Waals surface area contributed by atoms with Gasteiger partial charge in [0.05, 0.1) is 23.1 Å². The Kier molecular flexibility index (Phi) is 5.38. The molecule has 1 unspecified atom stereocenters. The van der Waals surface area contributed by atoms with Gasteiger partial charge in [-0.1, -0.05) is 26.0 Å². The Balaban J connectivity index is 1.85. The van der Waals surface area contributed by atoms with E-state index in [1.165, 1.54) is 0 Å². The Morgan fingerprint density at radius 2 is 1.73 bits per heavy atom. The smallest absolute Gasteiger partial charge is 0.276 e. The van der Waals surface area contributed by atoms with Crippen LogP contribution in [0.4, 0.5) is 17.1 Å². The Morgan fingerprint density at radius 3 is 2.40 bits per heavy atom. The summed E-state index contributed by atoms with van der Waals surface area (Å²) in [5.74, 6) is -0.228. The zero-order valence-corrected chi connectivity index (χ0v) is 18.3. The van der Waals surface area contributed by atoms with Gasteiger partial charge >= 0.3 is 0 Å². The molecule has 1 fully saturated rings. The number of rotatable bonds is 3. The number of fused-ring (bicyclic) bond motifs is 2. The molecule has 8 heteroatoms. The van der Waals surface area contributed by atoms with E-state index in [2.05, 4.69) is 27.3 Å². The number of hydrogen-bond donors (Lipinski definition) is 1. The minimum atomic E-state index is -0.312. The summed E-state index contributed by atoms with van der Waals surface area (Å²) in [6.07, 6.45) is 0. The summed E-state index contributed by atoms with van der Waals surface area (Å²) in [6, 6.07) is 7.16. The highest BCUT2D eigenvalue weighted by molar-refractivity contribution is 6.18. The number of likely N-dealkylation sites (N-methyl/N-ethyl adjacent to an activating group) is 1. The summed E-state index contributed by atoms with van der Waals surface area (Å²) in [5, 5.41) is 7.58. The van der Waals surface area contributed by atoms with Crippen LogP contribution in [-0.4, -0.2) is 70.7 Å². The third-order valence-corrected chi connectivity index (χ3v) is 6.09. The predicted molar refractivity (Wildman–Crippen MR) is 117 cm³/mol. The summed E-state index contributed by atoms with van der Waals surface area (Å²) >= 11 is 0.